The van der Waals surface area contributed by atoms with Gasteiger partial charge in [0.05, 0.1) is 10.7 Å². The number of rotatable bonds is 5. The van der Waals surface area contributed by atoms with Gasteiger partial charge in [-0.2, -0.15) is 0 Å². The Labute approximate surface area is 126 Å². The molecule has 0 aliphatic carbocycles. The van der Waals surface area contributed by atoms with Crippen LogP contribution >= 0.6 is 11.3 Å². The van der Waals surface area contributed by atoms with Crippen LogP contribution in [0, 0.1) is 0 Å². The summed E-state index contributed by atoms with van der Waals surface area (Å²) in [6.45, 7) is 9.70. The van der Waals surface area contributed by atoms with Crippen LogP contribution in [0.4, 0.5) is 0 Å². The molecule has 0 bridgehead atoms. The van der Waals surface area contributed by atoms with Crippen molar-refractivity contribution < 1.29 is 0 Å². The minimum atomic E-state index is 0.151. The van der Waals surface area contributed by atoms with Gasteiger partial charge in [0.1, 0.15) is 0 Å². The van der Waals surface area contributed by atoms with E-state index in [1.54, 1.807) is 11.3 Å². The Balaban J connectivity index is 1.84. The van der Waals surface area contributed by atoms with E-state index >= 15 is 0 Å². The molecular formula is C17H24N2S. The zero-order chi connectivity index (χ0) is 14.6. The second-order valence-corrected chi connectivity index (χ2v) is 7.22. The van der Waals surface area contributed by atoms with Gasteiger partial charge < -0.3 is 5.32 Å². The summed E-state index contributed by atoms with van der Waals surface area (Å²) in [5, 5.41) is 6.94. The van der Waals surface area contributed by atoms with E-state index in [0.717, 1.165) is 18.7 Å². The van der Waals surface area contributed by atoms with Crippen molar-refractivity contribution in [2.75, 3.05) is 0 Å². The molecule has 0 aliphatic rings. The van der Waals surface area contributed by atoms with Gasteiger partial charge in [0, 0.05) is 23.4 Å². The van der Waals surface area contributed by atoms with Crippen molar-refractivity contribution >= 4 is 11.3 Å². The first-order valence-electron chi connectivity index (χ1n) is 7.17. The van der Waals surface area contributed by atoms with Gasteiger partial charge in [0.2, 0.25) is 0 Å². The molecular weight excluding hydrogens is 264 g/mol. The van der Waals surface area contributed by atoms with Crippen molar-refractivity contribution in [2.24, 2.45) is 0 Å². The topological polar surface area (TPSA) is 24.9 Å². The summed E-state index contributed by atoms with van der Waals surface area (Å²) in [6, 6.07) is 11.1. The predicted octanol–water partition coefficient (Wildman–Crippen LogP) is 4.16. The van der Waals surface area contributed by atoms with Crippen LogP contribution in [0.5, 0.6) is 0 Å². The molecule has 2 aromatic rings. The van der Waals surface area contributed by atoms with Gasteiger partial charge in [-0.25, -0.2) is 4.98 Å². The quantitative estimate of drug-likeness (QED) is 0.893. The highest BCUT2D eigenvalue weighted by Gasteiger charge is 2.17. The third kappa shape index (κ3) is 4.43. The van der Waals surface area contributed by atoms with E-state index in [0.29, 0.717) is 6.04 Å². The highest BCUT2D eigenvalue weighted by Crippen LogP contribution is 2.25. The molecule has 20 heavy (non-hydrogen) atoms. The summed E-state index contributed by atoms with van der Waals surface area (Å²) in [5.41, 5.74) is 2.68. The Bertz CT molecular complexity index is 525. The van der Waals surface area contributed by atoms with Gasteiger partial charge in [0.15, 0.2) is 0 Å². The third-order valence-electron chi connectivity index (χ3n) is 3.21. The summed E-state index contributed by atoms with van der Waals surface area (Å²) in [7, 11) is 0. The van der Waals surface area contributed by atoms with Crippen LogP contribution in [-0.2, 0) is 18.4 Å². The SMILES string of the molecule is CC(Cc1ccccc1)NCc1csc(C(C)(C)C)n1. The monoisotopic (exact) mass is 288 g/mol. The second kappa shape index (κ2) is 6.51. The zero-order valence-electron chi connectivity index (χ0n) is 12.8. The van der Waals surface area contributed by atoms with E-state index in [1.165, 1.54) is 10.6 Å². The van der Waals surface area contributed by atoms with Crippen molar-refractivity contribution in [2.45, 2.75) is 52.1 Å². The molecule has 1 N–H and O–H groups in total. The number of aromatic nitrogens is 1. The summed E-state index contributed by atoms with van der Waals surface area (Å²) < 4.78 is 0. The van der Waals surface area contributed by atoms with Crippen molar-refractivity contribution in [3.63, 3.8) is 0 Å². The molecule has 0 radical (unpaired) electrons. The van der Waals surface area contributed by atoms with E-state index in [2.05, 4.69) is 68.7 Å². The molecule has 0 aliphatic heterocycles. The first-order chi connectivity index (χ1) is 9.45. The molecule has 0 fully saturated rings. The Morgan fingerprint density at radius 2 is 1.90 bits per heavy atom. The second-order valence-electron chi connectivity index (χ2n) is 6.37. The summed E-state index contributed by atoms with van der Waals surface area (Å²) in [6.07, 6.45) is 1.05. The zero-order valence-corrected chi connectivity index (χ0v) is 13.6. The average molecular weight is 288 g/mol. The van der Waals surface area contributed by atoms with Crippen molar-refractivity contribution in [3.05, 3.63) is 52.0 Å². The van der Waals surface area contributed by atoms with E-state index < -0.39 is 0 Å². The Kier molecular flexibility index (Phi) is 4.95. The maximum Gasteiger partial charge on any atom is 0.0982 e. The van der Waals surface area contributed by atoms with Crippen LogP contribution < -0.4 is 5.32 Å². The molecule has 2 nitrogen and oxygen atoms in total. The molecule has 0 amide bonds. The normalized spacial score (nSPS) is 13.4. The van der Waals surface area contributed by atoms with Crippen molar-refractivity contribution in [3.8, 4) is 0 Å². The summed E-state index contributed by atoms with van der Waals surface area (Å²) >= 11 is 1.76. The molecule has 1 heterocycles. The van der Waals surface area contributed by atoms with Gasteiger partial charge in [-0.05, 0) is 18.9 Å². The highest BCUT2D eigenvalue weighted by atomic mass is 32.1. The lowest BCUT2D eigenvalue weighted by Gasteiger charge is -2.14. The number of benzene rings is 1. The third-order valence-corrected chi connectivity index (χ3v) is 4.53. The molecule has 0 spiro atoms. The maximum absolute atomic E-state index is 4.72. The summed E-state index contributed by atoms with van der Waals surface area (Å²) in [4.78, 5) is 4.72. The highest BCUT2D eigenvalue weighted by molar-refractivity contribution is 7.09. The molecule has 3 heteroatoms. The van der Waals surface area contributed by atoms with E-state index in [1.807, 2.05) is 0 Å². The summed E-state index contributed by atoms with van der Waals surface area (Å²) in [5.74, 6) is 0. The largest absolute Gasteiger partial charge is 0.308 e. The predicted molar refractivity (Wildman–Crippen MR) is 87.3 cm³/mol. The van der Waals surface area contributed by atoms with Crippen LogP contribution in [-0.4, -0.2) is 11.0 Å². The lowest BCUT2D eigenvalue weighted by molar-refractivity contribution is 0.535. The molecule has 0 saturated heterocycles. The lowest BCUT2D eigenvalue weighted by Crippen LogP contribution is -2.27. The van der Waals surface area contributed by atoms with Crippen LogP contribution in [0.2, 0.25) is 0 Å². The van der Waals surface area contributed by atoms with E-state index in [9.17, 15) is 0 Å². The average Bonchev–Trinajstić information content (AvgIpc) is 2.86. The first kappa shape index (κ1) is 15.2. The fourth-order valence-electron chi connectivity index (χ4n) is 2.05. The van der Waals surface area contributed by atoms with E-state index in [4.69, 9.17) is 4.98 Å². The van der Waals surface area contributed by atoms with E-state index in [-0.39, 0.29) is 5.41 Å². The lowest BCUT2D eigenvalue weighted by atomic mass is 9.98. The molecule has 1 aromatic heterocycles. The Morgan fingerprint density at radius 1 is 1.20 bits per heavy atom. The van der Waals surface area contributed by atoms with Gasteiger partial charge in [-0.3, -0.25) is 0 Å². The standard InChI is InChI=1S/C17H24N2S/c1-13(10-14-8-6-5-7-9-14)18-11-15-12-20-16(19-15)17(2,3)4/h5-9,12-13,18H,10-11H2,1-4H3. The van der Waals surface area contributed by atoms with Crippen molar-refractivity contribution in [1.29, 1.82) is 0 Å². The molecule has 108 valence electrons. The van der Waals surface area contributed by atoms with Crippen LogP contribution in [0.1, 0.15) is 44.0 Å². The molecule has 1 aromatic carbocycles. The fourth-order valence-corrected chi connectivity index (χ4v) is 2.96. The number of hydrogen-bond acceptors (Lipinski definition) is 3. The fraction of sp³-hybridized carbons (Fsp3) is 0.471. The number of nitrogens with one attached hydrogen (secondary N) is 1. The van der Waals surface area contributed by atoms with Gasteiger partial charge in [-0.1, -0.05) is 51.1 Å². The van der Waals surface area contributed by atoms with Crippen LogP contribution in [0.15, 0.2) is 35.7 Å². The smallest absolute Gasteiger partial charge is 0.0982 e. The number of hydrogen-bond donors (Lipinski definition) is 1. The minimum absolute atomic E-state index is 0.151. The van der Waals surface area contributed by atoms with Gasteiger partial charge in [0.25, 0.3) is 0 Å². The number of nitrogens with zero attached hydrogens (tertiary/aromatic N) is 1. The number of thiazole rings is 1. The van der Waals surface area contributed by atoms with Crippen molar-refractivity contribution in [1.82, 2.24) is 10.3 Å². The Morgan fingerprint density at radius 3 is 2.50 bits per heavy atom. The Hall–Kier alpha value is -1.19. The minimum Gasteiger partial charge on any atom is -0.308 e. The van der Waals surface area contributed by atoms with Gasteiger partial charge >= 0.3 is 0 Å². The van der Waals surface area contributed by atoms with Crippen LogP contribution in [0.3, 0.4) is 0 Å². The van der Waals surface area contributed by atoms with Gasteiger partial charge in [-0.15, -0.1) is 11.3 Å². The molecule has 2 rings (SSSR count). The maximum atomic E-state index is 4.72. The first-order valence-corrected chi connectivity index (χ1v) is 8.05. The molecule has 1 unspecified atom stereocenters. The molecule has 1 atom stereocenters. The molecule has 0 saturated carbocycles. The van der Waals surface area contributed by atoms with Crippen LogP contribution in [0.25, 0.3) is 0 Å².